The minimum absolute atomic E-state index is 0.0252. The highest BCUT2D eigenvalue weighted by atomic mass is 19.4. The Hall–Kier alpha value is -4.04. The maximum Gasteiger partial charge on any atom is 0.416 e. The minimum atomic E-state index is -4.39. The van der Waals surface area contributed by atoms with Crippen LogP contribution in [0.5, 0.6) is 0 Å². The molecule has 0 saturated heterocycles. The molecule has 2 unspecified atom stereocenters. The number of rotatable bonds is 14. The number of benzene rings is 2. The van der Waals surface area contributed by atoms with Gasteiger partial charge < -0.3 is 4.90 Å². The number of halogens is 4. The highest BCUT2D eigenvalue weighted by Gasteiger charge is 2.33. The molecule has 0 fully saturated rings. The molecule has 0 saturated carbocycles. The average molecular weight is 677 g/mol. The van der Waals surface area contributed by atoms with Crippen LogP contribution >= 0.6 is 0 Å². The molecule has 9 heteroatoms. The smallest absolute Gasteiger partial charge is 0.337 e. The van der Waals surface area contributed by atoms with Gasteiger partial charge in [-0.25, -0.2) is 4.39 Å². The van der Waals surface area contributed by atoms with Crippen molar-refractivity contribution in [2.75, 3.05) is 26.2 Å². The number of hydrogen-bond donors (Lipinski definition) is 0. The van der Waals surface area contributed by atoms with E-state index in [0.29, 0.717) is 57.6 Å². The molecule has 3 aliphatic rings. The lowest BCUT2D eigenvalue weighted by Crippen LogP contribution is -2.39. The summed E-state index contributed by atoms with van der Waals surface area (Å²) in [6.45, 7) is 6.36. The fraction of sp³-hybridized carbons (Fsp3) is 0.425. The van der Waals surface area contributed by atoms with Crippen molar-refractivity contribution in [1.29, 1.82) is 0 Å². The summed E-state index contributed by atoms with van der Waals surface area (Å²) < 4.78 is 52.7. The van der Waals surface area contributed by atoms with Gasteiger partial charge in [-0.3, -0.25) is 14.4 Å². The Kier molecular flexibility index (Phi) is 12.3. The Morgan fingerprint density at radius 1 is 1.00 bits per heavy atom. The fourth-order valence-electron chi connectivity index (χ4n) is 6.87. The number of amides is 1. The molecular weight excluding hydrogens is 632 g/mol. The van der Waals surface area contributed by atoms with Crippen molar-refractivity contribution in [3.63, 3.8) is 0 Å². The van der Waals surface area contributed by atoms with Crippen LogP contribution in [0.1, 0.15) is 69.9 Å². The van der Waals surface area contributed by atoms with Crippen molar-refractivity contribution in [2.45, 2.75) is 71.5 Å². The van der Waals surface area contributed by atoms with Gasteiger partial charge in [-0.05, 0) is 103 Å². The quantitative estimate of drug-likeness (QED) is 0.114. The zero-order chi connectivity index (χ0) is 35.0. The highest BCUT2D eigenvalue weighted by Crippen LogP contribution is 2.41. The van der Waals surface area contributed by atoms with Crippen LogP contribution < -0.4 is 0 Å². The Morgan fingerprint density at radius 3 is 2.35 bits per heavy atom. The summed E-state index contributed by atoms with van der Waals surface area (Å²) in [5.74, 6) is -0.338. The van der Waals surface area contributed by atoms with E-state index >= 15 is 0 Å². The predicted molar refractivity (Wildman–Crippen MR) is 182 cm³/mol. The van der Waals surface area contributed by atoms with Crippen molar-refractivity contribution >= 4 is 11.7 Å². The van der Waals surface area contributed by atoms with E-state index in [0.717, 1.165) is 59.2 Å². The van der Waals surface area contributed by atoms with Crippen LogP contribution in [0.25, 0.3) is 11.1 Å². The molecule has 3 aliphatic carbocycles. The van der Waals surface area contributed by atoms with Gasteiger partial charge in [-0.1, -0.05) is 55.0 Å². The summed E-state index contributed by atoms with van der Waals surface area (Å²) >= 11 is 0. The van der Waals surface area contributed by atoms with Gasteiger partial charge in [0.1, 0.15) is 5.83 Å². The number of carbonyl (C=O) groups is 2. The van der Waals surface area contributed by atoms with Crippen molar-refractivity contribution in [1.82, 2.24) is 9.96 Å². The van der Waals surface area contributed by atoms with Crippen LogP contribution in [0.4, 0.5) is 17.6 Å². The number of ketones is 1. The molecular formula is C40H44F4N2O3. The van der Waals surface area contributed by atoms with Crippen LogP contribution in [0, 0.1) is 11.8 Å². The van der Waals surface area contributed by atoms with E-state index in [1.165, 1.54) is 24.3 Å². The molecule has 0 aliphatic heterocycles. The molecule has 1 amide bonds. The van der Waals surface area contributed by atoms with Gasteiger partial charge in [0.25, 0.3) is 0 Å². The molecule has 0 spiro atoms. The molecule has 0 bridgehead atoms. The van der Waals surface area contributed by atoms with E-state index in [2.05, 4.69) is 5.73 Å². The molecule has 5 nitrogen and oxygen atoms in total. The third-order valence-corrected chi connectivity index (χ3v) is 9.60. The first-order valence-corrected chi connectivity index (χ1v) is 17.2. The van der Waals surface area contributed by atoms with Gasteiger partial charge in [0.05, 0.1) is 12.2 Å². The SMILES string of the molecule is CCON(CC)CCN(Cc1ccc(-c2ccc(C(F)(F)F)cc2)cc1)C(=O)CC1C(CCC2C=CC(F)=CC2)=C=CC(=O)C2=C1CCC2. The lowest BCUT2D eigenvalue weighted by atomic mass is 9.82. The summed E-state index contributed by atoms with van der Waals surface area (Å²) in [6, 6.07) is 12.6. The van der Waals surface area contributed by atoms with Gasteiger partial charge in [0, 0.05) is 44.6 Å². The molecule has 0 N–H and O–H groups in total. The van der Waals surface area contributed by atoms with Crippen molar-refractivity contribution in [3.05, 3.63) is 112 Å². The second-order valence-corrected chi connectivity index (χ2v) is 12.8. The maximum atomic E-state index is 14.3. The number of hydrogen-bond acceptors (Lipinski definition) is 4. The van der Waals surface area contributed by atoms with Gasteiger partial charge >= 0.3 is 6.18 Å². The van der Waals surface area contributed by atoms with E-state index in [4.69, 9.17) is 4.84 Å². The van der Waals surface area contributed by atoms with Gasteiger partial charge in [0.2, 0.25) is 5.91 Å². The molecule has 260 valence electrons. The Morgan fingerprint density at radius 2 is 1.71 bits per heavy atom. The Labute approximate surface area is 286 Å². The van der Waals surface area contributed by atoms with E-state index in [1.54, 1.807) is 6.08 Å². The monoisotopic (exact) mass is 676 g/mol. The number of hydroxylamine groups is 2. The van der Waals surface area contributed by atoms with E-state index in [9.17, 15) is 27.2 Å². The van der Waals surface area contributed by atoms with Crippen molar-refractivity contribution < 1.29 is 32.0 Å². The summed E-state index contributed by atoms with van der Waals surface area (Å²) in [5.41, 5.74) is 7.73. The number of likely N-dealkylation sites (N-methyl/N-ethyl adjacent to an activating group) is 1. The van der Waals surface area contributed by atoms with Crippen LogP contribution in [0.3, 0.4) is 0 Å². The van der Waals surface area contributed by atoms with Crippen LogP contribution in [0.15, 0.2) is 101 Å². The van der Waals surface area contributed by atoms with E-state index < -0.39 is 11.7 Å². The largest absolute Gasteiger partial charge is 0.416 e. The molecule has 2 atom stereocenters. The van der Waals surface area contributed by atoms with Gasteiger partial charge in [-0.15, -0.1) is 5.73 Å². The zero-order valence-corrected chi connectivity index (χ0v) is 28.2. The standard InChI is InChI=1S/C40H44F4N2O3/c1-3-46(49-4-2)25-24-45(27-29-9-13-30(14-10-29)31-16-19-33(20-17-31)40(42,43)44)39(48)26-37-32(15-8-28-11-21-34(41)22-12-28)18-23-38(47)36-7-5-6-35(36)37/h9-11,13-14,16-17,19-23,28,37H,3-8,12,15,24-27H2,1-2H3. The molecule has 49 heavy (non-hydrogen) atoms. The summed E-state index contributed by atoms with van der Waals surface area (Å²) in [5, 5.41) is 1.83. The second-order valence-electron chi connectivity index (χ2n) is 12.8. The molecule has 2 aromatic rings. The number of allylic oxidation sites excluding steroid dienone is 7. The molecule has 0 heterocycles. The first-order valence-electron chi connectivity index (χ1n) is 17.2. The third kappa shape index (κ3) is 9.56. The van der Waals surface area contributed by atoms with Gasteiger partial charge in [-0.2, -0.15) is 18.2 Å². The van der Waals surface area contributed by atoms with Crippen LogP contribution in [-0.4, -0.2) is 47.9 Å². The van der Waals surface area contributed by atoms with E-state index in [-0.39, 0.29) is 35.8 Å². The molecule has 5 rings (SSSR count). The highest BCUT2D eigenvalue weighted by molar-refractivity contribution is 6.05. The fourth-order valence-corrected chi connectivity index (χ4v) is 6.87. The van der Waals surface area contributed by atoms with Crippen molar-refractivity contribution in [3.8, 4) is 11.1 Å². The average Bonchev–Trinajstić information content (AvgIpc) is 3.55. The summed E-state index contributed by atoms with van der Waals surface area (Å²) in [4.78, 5) is 34.9. The predicted octanol–water partition coefficient (Wildman–Crippen LogP) is 9.34. The normalized spacial score (nSPS) is 19.2. The molecule has 0 aromatic heterocycles. The maximum absolute atomic E-state index is 14.3. The topological polar surface area (TPSA) is 49.9 Å². The Balaban J connectivity index is 1.35. The van der Waals surface area contributed by atoms with E-state index in [1.807, 2.05) is 54.2 Å². The van der Waals surface area contributed by atoms with Crippen LogP contribution in [-0.2, 0) is 27.1 Å². The summed E-state index contributed by atoms with van der Waals surface area (Å²) in [7, 11) is 0. The van der Waals surface area contributed by atoms with Crippen molar-refractivity contribution in [2.24, 2.45) is 11.8 Å². The molecule has 0 radical (unpaired) electrons. The lowest BCUT2D eigenvalue weighted by Gasteiger charge is -2.29. The van der Waals surface area contributed by atoms with Gasteiger partial charge in [0.15, 0.2) is 5.78 Å². The third-order valence-electron chi connectivity index (χ3n) is 9.60. The first kappa shape index (κ1) is 36.2. The Bertz CT molecular complexity index is 1650. The molecule has 2 aromatic carbocycles. The zero-order valence-electron chi connectivity index (χ0n) is 28.2. The summed E-state index contributed by atoms with van der Waals surface area (Å²) in [6.07, 6.45) is 6.75. The first-order chi connectivity index (χ1) is 23.5. The number of carbonyl (C=O) groups excluding carboxylic acids is 2. The van der Waals surface area contributed by atoms with Crippen LogP contribution in [0.2, 0.25) is 0 Å². The lowest BCUT2D eigenvalue weighted by molar-refractivity contribution is -0.157. The minimum Gasteiger partial charge on any atom is -0.337 e. The second kappa shape index (κ2) is 16.6. The number of nitrogens with zero attached hydrogens (tertiary/aromatic N) is 2. The number of alkyl halides is 3.